The van der Waals surface area contributed by atoms with Crippen molar-refractivity contribution in [3.05, 3.63) is 29.8 Å². The third kappa shape index (κ3) is 2.05. The Morgan fingerprint density at radius 2 is 1.95 bits per heavy atom. The van der Waals surface area contributed by atoms with E-state index >= 15 is 0 Å². The number of piperidine rings is 1. The van der Waals surface area contributed by atoms with Gasteiger partial charge in [-0.2, -0.15) is 0 Å². The Labute approximate surface area is 111 Å². The third-order valence-electron chi connectivity index (χ3n) is 3.92. The number of benzene rings is 1. The Hall–Kier alpha value is -2.04. The van der Waals surface area contributed by atoms with Crippen molar-refractivity contribution in [1.29, 1.82) is 0 Å². The van der Waals surface area contributed by atoms with E-state index in [4.69, 9.17) is 5.11 Å². The van der Waals surface area contributed by atoms with E-state index < -0.39 is 5.97 Å². The maximum atomic E-state index is 12.3. The number of carboxylic acids is 1. The summed E-state index contributed by atoms with van der Waals surface area (Å²) in [5.41, 5.74) is 1.03. The van der Waals surface area contributed by atoms with E-state index in [2.05, 4.69) is 0 Å². The molecule has 0 aliphatic carbocycles. The van der Waals surface area contributed by atoms with Gasteiger partial charge >= 0.3 is 12.0 Å². The highest BCUT2D eigenvalue weighted by atomic mass is 16.4. The van der Waals surface area contributed by atoms with Crippen LogP contribution in [0.1, 0.15) is 29.6 Å². The first-order chi connectivity index (χ1) is 9.16. The number of hydrogen-bond acceptors (Lipinski definition) is 2. The lowest BCUT2D eigenvalue weighted by molar-refractivity contribution is 0.0697. The number of nitrogens with zero attached hydrogens (tertiary/aromatic N) is 2. The minimum absolute atomic E-state index is 0.0489. The Kier molecular flexibility index (Phi) is 2.89. The minimum Gasteiger partial charge on any atom is -0.478 e. The molecule has 2 amide bonds. The summed E-state index contributed by atoms with van der Waals surface area (Å²) in [5.74, 6) is -0.947. The Morgan fingerprint density at radius 3 is 2.58 bits per heavy atom. The summed E-state index contributed by atoms with van der Waals surface area (Å²) in [6, 6.07) is 6.87. The van der Waals surface area contributed by atoms with Crippen molar-refractivity contribution in [2.45, 2.75) is 25.3 Å². The van der Waals surface area contributed by atoms with Gasteiger partial charge in [-0.3, -0.25) is 4.90 Å². The fraction of sp³-hybridized carbons (Fsp3) is 0.429. The van der Waals surface area contributed by atoms with Gasteiger partial charge in [-0.1, -0.05) is 0 Å². The van der Waals surface area contributed by atoms with E-state index in [1.807, 2.05) is 4.90 Å². The summed E-state index contributed by atoms with van der Waals surface area (Å²) >= 11 is 0. The molecule has 1 N–H and O–H groups in total. The summed E-state index contributed by atoms with van der Waals surface area (Å²) in [6.45, 7) is 1.55. The van der Waals surface area contributed by atoms with Crippen molar-refractivity contribution in [1.82, 2.24) is 4.90 Å². The SMILES string of the molecule is O=C(O)c1ccc(N2CC3CCCCN3C2=O)cc1. The van der Waals surface area contributed by atoms with E-state index in [1.54, 1.807) is 29.2 Å². The maximum absolute atomic E-state index is 12.3. The molecule has 1 aromatic carbocycles. The standard InChI is InChI=1S/C14H16N2O3/c17-13(18)10-4-6-11(7-5-10)16-9-12-3-1-2-8-15(12)14(16)19/h4-7,12H,1-3,8-9H2,(H,17,18). The van der Waals surface area contributed by atoms with Crippen LogP contribution in [-0.4, -0.2) is 41.1 Å². The van der Waals surface area contributed by atoms with Crippen LogP contribution in [0.15, 0.2) is 24.3 Å². The quantitative estimate of drug-likeness (QED) is 0.886. The zero-order valence-electron chi connectivity index (χ0n) is 10.6. The second kappa shape index (κ2) is 4.57. The number of carboxylic acid groups (broad SMARTS) is 1. The average molecular weight is 260 g/mol. The average Bonchev–Trinajstić information content (AvgIpc) is 2.77. The molecule has 2 saturated heterocycles. The van der Waals surface area contributed by atoms with Crippen LogP contribution in [0.2, 0.25) is 0 Å². The molecule has 0 bridgehead atoms. The van der Waals surface area contributed by atoms with Gasteiger partial charge in [-0.25, -0.2) is 9.59 Å². The number of anilines is 1. The topological polar surface area (TPSA) is 60.9 Å². The van der Waals surface area contributed by atoms with E-state index in [0.29, 0.717) is 12.6 Å². The smallest absolute Gasteiger partial charge is 0.335 e. The van der Waals surface area contributed by atoms with Gasteiger partial charge in [0.15, 0.2) is 0 Å². The molecule has 1 aromatic rings. The highest BCUT2D eigenvalue weighted by Gasteiger charge is 2.38. The molecule has 1 unspecified atom stereocenters. The van der Waals surface area contributed by atoms with Gasteiger partial charge in [0.1, 0.15) is 0 Å². The van der Waals surface area contributed by atoms with Crippen molar-refractivity contribution in [2.75, 3.05) is 18.0 Å². The molecule has 0 aromatic heterocycles. The highest BCUT2D eigenvalue weighted by Crippen LogP contribution is 2.29. The number of hydrogen-bond donors (Lipinski definition) is 1. The normalized spacial score (nSPS) is 22.5. The lowest BCUT2D eigenvalue weighted by Crippen LogP contribution is -2.38. The molecule has 1 atom stereocenters. The van der Waals surface area contributed by atoms with Crippen molar-refractivity contribution in [3.63, 3.8) is 0 Å². The number of aromatic carboxylic acids is 1. The fourth-order valence-corrected chi connectivity index (χ4v) is 2.89. The first-order valence-corrected chi connectivity index (χ1v) is 6.58. The monoisotopic (exact) mass is 260 g/mol. The first-order valence-electron chi connectivity index (χ1n) is 6.58. The third-order valence-corrected chi connectivity index (χ3v) is 3.92. The molecule has 2 aliphatic heterocycles. The van der Waals surface area contributed by atoms with Gasteiger partial charge in [0, 0.05) is 18.8 Å². The molecule has 0 spiro atoms. The van der Waals surface area contributed by atoms with Crippen LogP contribution in [0, 0.1) is 0 Å². The number of carbonyl (C=O) groups is 2. The van der Waals surface area contributed by atoms with E-state index in [-0.39, 0.29) is 11.6 Å². The van der Waals surface area contributed by atoms with Crippen molar-refractivity contribution in [3.8, 4) is 0 Å². The molecule has 2 heterocycles. The Bertz CT molecular complexity index is 512. The Balaban J connectivity index is 1.82. The highest BCUT2D eigenvalue weighted by molar-refractivity contribution is 5.95. The zero-order chi connectivity index (χ0) is 13.4. The van der Waals surface area contributed by atoms with Crippen molar-refractivity contribution >= 4 is 17.7 Å². The molecule has 0 radical (unpaired) electrons. The second-order valence-electron chi connectivity index (χ2n) is 5.09. The van der Waals surface area contributed by atoms with E-state index in [0.717, 1.165) is 25.1 Å². The Morgan fingerprint density at radius 1 is 1.21 bits per heavy atom. The van der Waals surface area contributed by atoms with Crippen molar-refractivity contribution in [2.24, 2.45) is 0 Å². The number of urea groups is 1. The predicted octanol–water partition coefficient (Wildman–Crippen LogP) is 2.18. The molecular weight excluding hydrogens is 244 g/mol. The number of amides is 2. The number of carbonyl (C=O) groups excluding carboxylic acids is 1. The van der Waals surface area contributed by atoms with Crippen LogP contribution in [0.5, 0.6) is 0 Å². The maximum Gasteiger partial charge on any atom is 0.335 e. The summed E-state index contributed by atoms with van der Waals surface area (Å²) in [6.07, 6.45) is 3.32. The number of rotatable bonds is 2. The van der Waals surface area contributed by atoms with Gasteiger partial charge in [-0.05, 0) is 43.5 Å². The van der Waals surface area contributed by atoms with Gasteiger partial charge in [-0.15, -0.1) is 0 Å². The minimum atomic E-state index is -0.947. The molecular formula is C14H16N2O3. The summed E-state index contributed by atoms with van der Waals surface area (Å²) in [5, 5.41) is 8.87. The largest absolute Gasteiger partial charge is 0.478 e. The molecule has 19 heavy (non-hydrogen) atoms. The lowest BCUT2D eigenvalue weighted by atomic mass is 10.0. The summed E-state index contributed by atoms with van der Waals surface area (Å²) in [4.78, 5) is 26.8. The summed E-state index contributed by atoms with van der Waals surface area (Å²) < 4.78 is 0. The van der Waals surface area contributed by atoms with Crippen LogP contribution < -0.4 is 4.90 Å². The lowest BCUT2D eigenvalue weighted by Gasteiger charge is -2.27. The van der Waals surface area contributed by atoms with Gasteiger partial charge in [0.05, 0.1) is 11.6 Å². The molecule has 100 valence electrons. The molecule has 2 aliphatic rings. The van der Waals surface area contributed by atoms with Crippen molar-refractivity contribution < 1.29 is 14.7 Å². The fourth-order valence-electron chi connectivity index (χ4n) is 2.89. The van der Waals surface area contributed by atoms with Gasteiger partial charge in [0.25, 0.3) is 0 Å². The van der Waals surface area contributed by atoms with Crippen LogP contribution in [-0.2, 0) is 0 Å². The predicted molar refractivity (Wildman–Crippen MR) is 70.5 cm³/mol. The van der Waals surface area contributed by atoms with E-state index in [1.165, 1.54) is 6.42 Å². The molecule has 3 rings (SSSR count). The first kappa shape index (κ1) is 12.0. The van der Waals surface area contributed by atoms with Crippen LogP contribution in [0.25, 0.3) is 0 Å². The zero-order valence-corrected chi connectivity index (χ0v) is 10.6. The van der Waals surface area contributed by atoms with Gasteiger partial charge < -0.3 is 10.0 Å². The molecule has 0 saturated carbocycles. The molecule has 5 heteroatoms. The van der Waals surface area contributed by atoms with Crippen LogP contribution in [0.4, 0.5) is 10.5 Å². The number of fused-ring (bicyclic) bond motifs is 1. The summed E-state index contributed by atoms with van der Waals surface area (Å²) in [7, 11) is 0. The van der Waals surface area contributed by atoms with Gasteiger partial charge in [0.2, 0.25) is 0 Å². The van der Waals surface area contributed by atoms with Crippen LogP contribution in [0.3, 0.4) is 0 Å². The second-order valence-corrected chi connectivity index (χ2v) is 5.09. The molecule has 5 nitrogen and oxygen atoms in total. The molecule has 2 fully saturated rings. The van der Waals surface area contributed by atoms with E-state index in [9.17, 15) is 9.59 Å². The van der Waals surface area contributed by atoms with Crippen LogP contribution >= 0.6 is 0 Å².